The number of rotatable bonds is 2. The summed E-state index contributed by atoms with van der Waals surface area (Å²) >= 11 is 0. The van der Waals surface area contributed by atoms with Gasteiger partial charge in [-0.3, -0.25) is 10.1 Å². The lowest BCUT2D eigenvalue weighted by atomic mass is 10.1. The Morgan fingerprint density at radius 1 is 1.33 bits per heavy atom. The number of nitro benzene ring substituents is 1. The van der Waals surface area contributed by atoms with Crippen LogP contribution in [-0.4, -0.2) is 21.2 Å². The minimum Gasteiger partial charge on any atom is -0.370 e. The Labute approximate surface area is 101 Å². The summed E-state index contributed by atoms with van der Waals surface area (Å²) in [5.41, 5.74) is 11.2. The Balaban J connectivity index is 0.000000631. The van der Waals surface area contributed by atoms with Crippen molar-refractivity contribution >= 4 is 17.3 Å². The molecule has 0 unspecified atom stereocenters. The van der Waals surface area contributed by atoms with Gasteiger partial charge in [0.25, 0.3) is 10.8 Å². The number of aliphatic imine (C=N–C) groups is 1. The van der Waals surface area contributed by atoms with Gasteiger partial charge in [-0.05, 0) is 13.0 Å². The Morgan fingerprint density at radius 2 is 1.83 bits per heavy atom. The van der Waals surface area contributed by atoms with Gasteiger partial charge in [0.2, 0.25) is 0 Å². The molecule has 0 saturated heterocycles. The second-order valence-corrected chi connectivity index (χ2v) is 2.95. The van der Waals surface area contributed by atoms with E-state index in [-0.39, 0.29) is 11.6 Å². The first-order valence-electron chi connectivity index (χ1n) is 4.42. The lowest BCUT2D eigenvalue weighted by Crippen LogP contribution is -2.22. The Bertz CT molecular complexity index is 479. The summed E-state index contributed by atoms with van der Waals surface area (Å²) in [6.45, 7) is 1.60. The van der Waals surface area contributed by atoms with Crippen molar-refractivity contribution in [1.82, 2.24) is 0 Å². The summed E-state index contributed by atoms with van der Waals surface area (Å²) in [5, 5.41) is 24.2. The maximum absolute atomic E-state index is 10.6. The van der Waals surface area contributed by atoms with Gasteiger partial charge in [-0.1, -0.05) is 6.07 Å². The molecular formula is C8H11N5O5. The van der Waals surface area contributed by atoms with Crippen molar-refractivity contribution in [2.24, 2.45) is 16.5 Å². The molecule has 1 aromatic carbocycles. The summed E-state index contributed by atoms with van der Waals surface area (Å²) < 4.78 is 0. The van der Waals surface area contributed by atoms with Crippen molar-refractivity contribution in [2.75, 3.05) is 0 Å². The van der Waals surface area contributed by atoms with E-state index in [0.717, 1.165) is 0 Å². The van der Waals surface area contributed by atoms with Gasteiger partial charge >= 0.3 is 0 Å². The van der Waals surface area contributed by atoms with E-state index in [1.807, 2.05) is 0 Å². The summed E-state index contributed by atoms with van der Waals surface area (Å²) in [6.07, 6.45) is 0. The van der Waals surface area contributed by atoms with E-state index in [9.17, 15) is 10.1 Å². The van der Waals surface area contributed by atoms with E-state index in [2.05, 4.69) is 4.99 Å². The van der Waals surface area contributed by atoms with Crippen molar-refractivity contribution in [3.63, 3.8) is 0 Å². The summed E-state index contributed by atoms with van der Waals surface area (Å²) in [5.74, 6) is -0.117. The molecule has 0 atom stereocenters. The molecule has 1 rings (SSSR count). The molecule has 10 heteroatoms. The Morgan fingerprint density at radius 3 is 2.22 bits per heavy atom. The molecule has 0 aliphatic rings. The van der Waals surface area contributed by atoms with E-state index in [4.69, 9.17) is 26.8 Å². The molecule has 0 fully saturated rings. The van der Waals surface area contributed by atoms with Crippen LogP contribution in [0.15, 0.2) is 23.2 Å². The number of nitrogens with zero attached hydrogens (tertiary/aromatic N) is 3. The quantitative estimate of drug-likeness (QED) is 0.298. The summed E-state index contributed by atoms with van der Waals surface area (Å²) in [4.78, 5) is 22.2. The standard InChI is InChI=1S/C8H10N4O2.HNO3/c1-5-6(11-8(9)10)3-2-4-7(5)12(13)14;2-1(3)4/h2-4H,1H3,(H4,9,10,11);(H,2,3,4). The second kappa shape index (κ2) is 6.62. The highest BCUT2D eigenvalue weighted by Gasteiger charge is 2.12. The molecule has 1 aromatic rings. The van der Waals surface area contributed by atoms with Crippen LogP contribution in [-0.2, 0) is 0 Å². The third-order valence-corrected chi connectivity index (χ3v) is 1.72. The highest BCUT2D eigenvalue weighted by Crippen LogP contribution is 2.26. The maximum atomic E-state index is 10.6. The predicted molar refractivity (Wildman–Crippen MR) is 62.1 cm³/mol. The molecule has 5 N–H and O–H groups in total. The molecule has 0 aliphatic heterocycles. The van der Waals surface area contributed by atoms with Crippen molar-refractivity contribution in [1.29, 1.82) is 0 Å². The van der Waals surface area contributed by atoms with Gasteiger partial charge in [-0.15, -0.1) is 10.1 Å². The predicted octanol–water partition coefficient (Wildman–Crippen LogP) is 0.460. The van der Waals surface area contributed by atoms with Crippen LogP contribution in [0.3, 0.4) is 0 Å². The molecule has 0 amide bonds. The number of benzene rings is 1. The smallest absolute Gasteiger partial charge is 0.291 e. The zero-order chi connectivity index (χ0) is 14.3. The highest BCUT2D eigenvalue weighted by atomic mass is 16.9. The van der Waals surface area contributed by atoms with E-state index in [1.165, 1.54) is 12.1 Å². The molecule has 0 bridgehead atoms. The van der Waals surface area contributed by atoms with Gasteiger partial charge < -0.3 is 16.7 Å². The molecule has 0 spiro atoms. The number of guanidine groups is 1. The molecule has 18 heavy (non-hydrogen) atoms. The van der Waals surface area contributed by atoms with Crippen LogP contribution in [0.4, 0.5) is 11.4 Å². The van der Waals surface area contributed by atoms with Crippen LogP contribution in [0, 0.1) is 27.2 Å². The van der Waals surface area contributed by atoms with Gasteiger partial charge in [0.15, 0.2) is 5.96 Å². The van der Waals surface area contributed by atoms with Gasteiger partial charge in [-0.2, -0.15) is 0 Å². The van der Waals surface area contributed by atoms with Crippen LogP contribution >= 0.6 is 0 Å². The van der Waals surface area contributed by atoms with Crippen LogP contribution < -0.4 is 11.5 Å². The van der Waals surface area contributed by atoms with Gasteiger partial charge in [-0.25, -0.2) is 4.99 Å². The first-order chi connectivity index (χ1) is 8.25. The fraction of sp³-hybridized carbons (Fsp3) is 0.125. The average Bonchev–Trinajstić information content (AvgIpc) is 2.19. The zero-order valence-electron chi connectivity index (χ0n) is 9.31. The van der Waals surface area contributed by atoms with Crippen molar-refractivity contribution in [2.45, 2.75) is 6.92 Å². The molecule has 0 radical (unpaired) electrons. The third kappa shape index (κ3) is 5.25. The molecule has 98 valence electrons. The van der Waals surface area contributed by atoms with Gasteiger partial charge in [0.05, 0.1) is 16.2 Å². The first kappa shape index (κ1) is 15.1. The van der Waals surface area contributed by atoms with E-state index in [1.54, 1.807) is 13.0 Å². The van der Waals surface area contributed by atoms with E-state index in [0.29, 0.717) is 11.3 Å². The molecule has 10 nitrogen and oxygen atoms in total. The second-order valence-electron chi connectivity index (χ2n) is 2.95. The largest absolute Gasteiger partial charge is 0.370 e. The lowest BCUT2D eigenvalue weighted by molar-refractivity contribution is -0.742. The van der Waals surface area contributed by atoms with E-state index >= 15 is 0 Å². The molecule has 0 aromatic heterocycles. The normalized spacial score (nSPS) is 8.72. The van der Waals surface area contributed by atoms with E-state index < -0.39 is 10.0 Å². The molecule has 0 heterocycles. The monoisotopic (exact) mass is 257 g/mol. The number of hydrogen-bond donors (Lipinski definition) is 3. The Hall–Kier alpha value is -2.91. The van der Waals surface area contributed by atoms with Crippen molar-refractivity contribution in [3.05, 3.63) is 44.0 Å². The summed E-state index contributed by atoms with van der Waals surface area (Å²) in [6, 6.07) is 4.55. The maximum Gasteiger partial charge on any atom is 0.291 e. The summed E-state index contributed by atoms with van der Waals surface area (Å²) in [7, 11) is 0. The minimum atomic E-state index is -1.50. The SMILES string of the molecule is Cc1c(N=C(N)N)cccc1[N+](=O)[O-].O=[N+]([O-])O. The number of nitro groups is 1. The van der Waals surface area contributed by atoms with Crippen molar-refractivity contribution in [3.8, 4) is 0 Å². The van der Waals surface area contributed by atoms with Crippen molar-refractivity contribution < 1.29 is 15.2 Å². The van der Waals surface area contributed by atoms with Crippen LogP contribution in [0.2, 0.25) is 0 Å². The molecule has 0 aliphatic carbocycles. The number of nitrogens with two attached hydrogens (primary N) is 2. The Kier molecular flexibility index (Phi) is 5.55. The lowest BCUT2D eigenvalue weighted by Gasteiger charge is -2.00. The average molecular weight is 257 g/mol. The fourth-order valence-corrected chi connectivity index (χ4v) is 1.07. The number of hydrogen-bond acceptors (Lipinski definition) is 5. The first-order valence-corrected chi connectivity index (χ1v) is 4.42. The van der Waals surface area contributed by atoms with Gasteiger partial charge in [0, 0.05) is 6.07 Å². The fourth-order valence-electron chi connectivity index (χ4n) is 1.07. The van der Waals surface area contributed by atoms with Crippen LogP contribution in [0.1, 0.15) is 5.56 Å². The molecule has 0 saturated carbocycles. The topological polar surface area (TPSA) is 171 Å². The van der Waals surface area contributed by atoms with Crippen LogP contribution in [0.5, 0.6) is 0 Å². The molecular weight excluding hydrogens is 246 g/mol. The minimum absolute atomic E-state index is 0.00694. The van der Waals surface area contributed by atoms with Crippen LogP contribution in [0.25, 0.3) is 0 Å². The third-order valence-electron chi connectivity index (χ3n) is 1.72. The van der Waals surface area contributed by atoms with Gasteiger partial charge in [0.1, 0.15) is 0 Å². The highest BCUT2D eigenvalue weighted by molar-refractivity contribution is 5.80. The zero-order valence-corrected chi connectivity index (χ0v) is 9.31.